The third-order valence-electron chi connectivity index (χ3n) is 4.72. The van der Waals surface area contributed by atoms with Crippen molar-refractivity contribution < 1.29 is 14.4 Å². The summed E-state index contributed by atoms with van der Waals surface area (Å²) in [7, 11) is 0. The molecule has 0 aliphatic carbocycles. The van der Waals surface area contributed by atoms with Crippen molar-refractivity contribution >= 4 is 39.9 Å². The Hall–Kier alpha value is -2.81. The van der Waals surface area contributed by atoms with Crippen molar-refractivity contribution in [2.75, 3.05) is 17.2 Å². The number of benzene rings is 1. The standard InChI is InChI=1S/C20H25N5O3S/c1-5-15-23-24-19(29-15)22-18(28)13-8-6-7-9-14(13)21-17(27)12-10-16(26)25(11-12)20(2,3)4/h6-9,12H,5,10-11H2,1-4H3,(H,21,27)(H,22,24,28)/t12-/m1/s1. The second-order valence-corrected chi connectivity index (χ2v) is 8.98. The highest BCUT2D eigenvalue weighted by molar-refractivity contribution is 7.15. The van der Waals surface area contributed by atoms with E-state index in [4.69, 9.17) is 0 Å². The normalized spacial score (nSPS) is 16.8. The van der Waals surface area contributed by atoms with E-state index in [2.05, 4.69) is 20.8 Å². The minimum absolute atomic E-state index is 0.0355. The van der Waals surface area contributed by atoms with Gasteiger partial charge < -0.3 is 10.2 Å². The van der Waals surface area contributed by atoms with Gasteiger partial charge in [-0.2, -0.15) is 0 Å². The minimum Gasteiger partial charge on any atom is -0.337 e. The van der Waals surface area contributed by atoms with Gasteiger partial charge in [-0.1, -0.05) is 30.4 Å². The van der Waals surface area contributed by atoms with Crippen LogP contribution in [-0.4, -0.2) is 44.9 Å². The van der Waals surface area contributed by atoms with Crippen molar-refractivity contribution in [2.24, 2.45) is 5.92 Å². The van der Waals surface area contributed by atoms with Gasteiger partial charge in [-0.25, -0.2) is 0 Å². The van der Waals surface area contributed by atoms with Crippen LogP contribution in [0.2, 0.25) is 0 Å². The molecule has 9 heteroatoms. The minimum atomic E-state index is -0.451. The van der Waals surface area contributed by atoms with Crippen LogP contribution in [0.15, 0.2) is 24.3 Å². The highest BCUT2D eigenvalue weighted by Crippen LogP contribution is 2.27. The van der Waals surface area contributed by atoms with Gasteiger partial charge in [0.15, 0.2) is 0 Å². The van der Waals surface area contributed by atoms with Gasteiger partial charge in [0.25, 0.3) is 5.91 Å². The van der Waals surface area contributed by atoms with Gasteiger partial charge in [0.2, 0.25) is 16.9 Å². The molecule has 2 aromatic rings. The molecule has 0 saturated carbocycles. The quantitative estimate of drug-likeness (QED) is 0.781. The zero-order valence-corrected chi connectivity index (χ0v) is 17.8. The molecule has 1 fully saturated rings. The van der Waals surface area contributed by atoms with E-state index in [1.807, 2.05) is 27.7 Å². The lowest BCUT2D eigenvalue weighted by molar-refractivity contribution is -0.131. The molecular formula is C20H25N5O3S. The Balaban J connectivity index is 1.71. The first kappa shape index (κ1) is 20.9. The van der Waals surface area contributed by atoms with Crippen LogP contribution in [0.3, 0.4) is 0 Å². The predicted molar refractivity (Wildman–Crippen MR) is 112 cm³/mol. The molecule has 1 aliphatic heterocycles. The molecule has 2 N–H and O–H groups in total. The number of aromatic nitrogens is 2. The summed E-state index contributed by atoms with van der Waals surface area (Å²) in [5.41, 5.74) is 0.395. The van der Waals surface area contributed by atoms with Gasteiger partial charge in [-0.15, -0.1) is 10.2 Å². The van der Waals surface area contributed by atoms with E-state index in [0.717, 1.165) is 11.4 Å². The molecule has 154 valence electrons. The lowest BCUT2D eigenvalue weighted by Gasteiger charge is -2.31. The van der Waals surface area contributed by atoms with Crippen molar-refractivity contribution in [3.05, 3.63) is 34.8 Å². The van der Waals surface area contributed by atoms with Gasteiger partial charge >= 0.3 is 0 Å². The third kappa shape index (κ3) is 4.79. The summed E-state index contributed by atoms with van der Waals surface area (Å²) in [6, 6.07) is 6.77. The van der Waals surface area contributed by atoms with Crippen molar-refractivity contribution in [3.63, 3.8) is 0 Å². The van der Waals surface area contributed by atoms with Gasteiger partial charge in [0, 0.05) is 18.5 Å². The first-order valence-corrected chi connectivity index (χ1v) is 10.3. The molecule has 1 aliphatic rings. The molecule has 1 aromatic heterocycles. The second kappa shape index (κ2) is 8.28. The largest absolute Gasteiger partial charge is 0.337 e. The second-order valence-electron chi connectivity index (χ2n) is 7.92. The number of hydrogen-bond acceptors (Lipinski definition) is 6. The Bertz CT molecular complexity index is 934. The smallest absolute Gasteiger partial charge is 0.259 e. The van der Waals surface area contributed by atoms with Crippen molar-refractivity contribution in [1.82, 2.24) is 15.1 Å². The number of likely N-dealkylation sites (tertiary alicyclic amines) is 1. The summed E-state index contributed by atoms with van der Waals surface area (Å²) in [5, 5.41) is 14.7. The number of nitrogens with one attached hydrogen (secondary N) is 2. The number of nitrogens with zero attached hydrogens (tertiary/aromatic N) is 3. The number of amides is 3. The van der Waals surface area contributed by atoms with E-state index in [9.17, 15) is 14.4 Å². The Kier molecular flexibility index (Phi) is 5.97. The Labute approximate surface area is 173 Å². The van der Waals surface area contributed by atoms with Crippen LogP contribution in [0, 0.1) is 5.92 Å². The maximum atomic E-state index is 12.8. The fraction of sp³-hybridized carbons (Fsp3) is 0.450. The number of rotatable bonds is 5. The topological polar surface area (TPSA) is 104 Å². The fourth-order valence-corrected chi connectivity index (χ4v) is 3.84. The number of hydrogen-bond donors (Lipinski definition) is 2. The summed E-state index contributed by atoms with van der Waals surface area (Å²) >= 11 is 1.31. The zero-order valence-electron chi connectivity index (χ0n) is 17.0. The summed E-state index contributed by atoms with van der Waals surface area (Å²) < 4.78 is 0. The summed E-state index contributed by atoms with van der Waals surface area (Å²) in [6.45, 7) is 8.17. The van der Waals surface area contributed by atoms with Crippen molar-refractivity contribution in [1.29, 1.82) is 0 Å². The summed E-state index contributed by atoms with van der Waals surface area (Å²) in [4.78, 5) is 39.4. The lowest BCUT2D eigenvalue weighted by Crippen LogP contribution is -2.42. The van der Waals surface area contributed by atoms with Crippen LogP contribution in [0.1, 0.15) is 49.5 Å². The molecule has 29 heavy (non-hydrogen) atoms. The van der Waals surface area contributed by atoms with Gasteiger partial charge in [0.1, 0.15) is 5.01 Å². The Morgan fingerprint density at radius 1 is 1.21 bits per heavy atom. The van der Waals surface area contributed by atoms with E-state index < -0.39 is 5.92 Å². The lowest BCUT2D eigenvalue weighted by atomic mass is 10.1. The van der Waals surface area contributed by atoms with Gasteiger partial charge in [-0.3, -0.25) is 19.7 Å². The van der Waals surface area contributed by atoms with Gasteiger partial charge in [0.05, 0.1) is 17.2 Å². The van der Waals surface area contributed by atoms with Crippen LogP contribution in [0.4, 0.5) is 10.8 Å². The molecule has 2 heterocycles. The average Bonchev–Trinajstić information content (AvgIpc) is 3.28. The van der Waals surface area contributed by atoms with Gasteiger partial charge in [-0.05, 0) is 39.3 Å². The first-order chi connectivity index (χ1) is 13.7. The molecule has 1 saturated heterocycles. The van der Waals surface area contributed by atoms with E-state index in [0.29, 0.717) is 22.9 Å². The maximum absolute atomic E-state index is 12.8. The number of carbonyl (C=O) groups is 3. The Morgan fingerprint density at radius 3 is 2.55 bits per heavy atom. The van der Waals surface area contributed by atoms with Crippen LogP contribution >= 0.6 is 11.3 Å². The number of aryl methyl sites for hydroxylation is 1. The molecule has 3 rings (SSSR count). The molecule has 1 atom stereocenters. The Morgan fingerprint density at radius 2 is 1.93 bits per heavy atom. The molecule has 0 spiro atoms. The molecule has 0 unspecified atom stereocenters. The van der Waals surface area contributed by atoms with Crippen LogP contribution in [0.5, 0.6) is 0 Å². The SMILES string of the molecule is CCc1nnc(NC(=O)c2ccccc2NC(=O)[C@@H]2CC(=O)N(C(C)(C)C)C2)s1. The van der Waals surface area contributed by atoms with Crippen LogP contribution in [-0.2, 0) is 16.0 Å². The number of carbonyl (C=O) groups excluding carboxylic acids is 3. The molecule has 1 aromatic carbocycles. The van der Waals surface area contributed by atoms with E-state index >= 15 is 0 Å². The van der Waals surface area contributed by atoms with E-state index in [1.54, 1.807) is 29.2 Å². The average molecular weight is 416 g/mol. The molecule has 3 amide bonds. The summed E-state index contributed by atoms with van der Waals surface area (Å²) in [6.07, 6.45) is 0.911. The molecule has 8 nitrogen and oxygen atoms in total. The predicted octanol–water partition coefficient (Wildman–Crippen LogP) is 2.94. The van der Waals surface area contributed by atoms with Crippen LogP contribution < -0.4 is 10.6 Å². The highest BCUT2D eigenvalue weighted by Gasteiger charge is 2.39. The van der Waals surface area contributed by atoms with Crippen molar-refractivity contribution in [2.45, 2.75) is 46.1 Å². The van der Waals surface area contributed by atoms with E-state index in [-0.39, 0.29) is 29.7 Å². The number of para-hydroxylation sites is 1. The van der Waals surface area contributed by atoms with E-state index in [1.165, 1.54) is 11.3 Å². The zero-order chi connectivity index (χ0) is 21.2. The number of anilines is 2. The molecular weight excluding hydrogens is 390 g/mol. The fourth-order valence-electron chi connectivity index (χ4n) is 3.17. The third-order valence-corrected chi connectivity index (χ3v) is 5.71. The highest BCUT2D eigenvalue weighted by atomic mass is 32.1. The first-order valence-electron chi connectivity index (χ1n) is 9.53. The van der Waals surface area contributed by atoms with Crippen LogP contribution in [0.25, 0.3) is 0 Å². The summed E-state index contributed by atoms with van der Waals surface area (Å²) in [5.74, 6) is -1.13. The maximum Gasteiger partial charge on any atom is 0.259 e. The molecule has 0 bridgehead atoms. The molecule has 0 radical (unpaired) electrons. The van der Waals surface area contributed by atoms with Crippen molar-refractivity contribution in [3.8, 4) is 0 Å². The monoisotopic (exact) mass is 415 g/mol.